The van der Waals surface area contributed by atoms with Crippen molar-refractivity contribution in [1.29, 1.82) is 0 Å². The van der Waals surface area contributed by atoms with Crippen molar-refractivity contribution in [3.05, 3.63) is 24.3 Å². The van der Waals surface area contributed by atoms with Gasteiger partial charge in [-0.3, -0.25) is 4.98 Å². The summed E-state index contributed by atoms with van der Waals surface area (Å²) < 4.78 is 2.36. The Morgan fingerprint density at radius 3 is 2.72 bits per heavy atom. The summed E-state index contributed by atoms with van der Waals surface area (Å²) in [7, 11) is 0. The largest absolute Gasteiger partial charge is 0.324 e. The highest BCUT2D eigenvalue weighted by Crippen LogP contribution is 2.31. The van der Waals surface area contributed by atoms with Gasteiger partial charge in [0.25, 0.3) is 0 Å². The summed E-state index contributed by atoms with van der Waals surface area (Å²) in [6, 6.07) is 2.62. The van der Waals surface area contributed by atoms with E-state index in [4.69, 9.17) is 11.6 Å². The standard InChI is InChI=1S/C14H18ClN3/c15-9-14-17-12-10-16-8-7-13(12)18(14)11-5-3-1-2-4-6-11/h7-8,10-11H,1-6,9H2. The molecule has 2 aromatic rings. The molecule has 2 heterocycles. The summed E-state index contributed by atoms with van der Waals surface area (Å²) in [5.74, 6) is 1.47. The molecule has 0 N–H and O–H groups in total. The Labute approximate surface area is 112 Å². The molecule has 0 spiro atoms. The minimum absolute atomic E-state index is 0.477. The lowest BCUT2D eigenvalue weighted by atomic mass is 10.1. The molecule has 0 saturated heterocycles. The molecule has 1 fully saturated rings. The second-order valence-electron chi connectivity index (χ2n) is 5.04. The van der Waals surface area contributed by atoms with Crippen LogP contribution in [0.2, 0.25) is 0 Å². The zero-order valence-corrected chi connectivity index (χ0v) is 11.2. The number of nitrogens with zero attached hydrogens (tertiary/aromatic N) is 3. The van der Waals surface area contributed by atoms with Gasteiger partial charge in [-0.15, -0.1) is 11.6 Å². The molecule has 3 nitrogen and oxygen atoms in total. The van der Waals surface area contributed by atoms with E-state index in [9.17, 15) is 0 Å². The quantitative estimate of drug-likeness (QED) is 0.604. The van der Waals surface area contributed by atoms with Crippen LogP contribution >= 0.6 is 11.6 Å². The van der Waals surface area contributed by atoms with E-state index in [1.165, 1.54) is 44.0 Å². The summed E-state index contributed by atoms with van der Waals surface area (Å²) in [5, 5.41) is 0. The highest BCUT2D eigenvalue weighted by Gasteiger charge is 2.19. The van der Waals surface area contributed by atoms with Crippen molar-refractivity contribution in [2.75, 3.05) is 0 Å². The molecule has 1 saturated carbocycles. The van der Waals surface area contributed by atoms with Crippen LogP contribution in [-0.2, 0) is 5.88 Å². The molecule has 2 aromatic heterocycles. The van der Waals surface area contributed by atoms with Gasteiger partial charge in [0.2, 0.25) is 0 Å². The summed E-state index contributed by atoms with van der Waals surface area (Å²) >= 11 is 6.06. The van der Waals surface area contributed by atoms with Crippen LogP contribution < -0.4 is 0 Å². The fourth-order valence-corrected chi connectivity index (χ4v) is 3.21. The van der Waals surface area contributed by atoms with Gasteiger partial charge in [0.05, 0.1) is 17.6 Å². The number of rotatable bonds is 2. The molecule has 0 aliphatic heterocycles. The van der Waals surface area contributed by atoms with Crippen LogP contribution in [0.3, 0.4) is 0 Å². The average Bonchev–Trinajstić information content (AvgIpc) is 2.59. The molecule has 0 amide bonds. The third kappa shape index (κ3) is 2.12. The van der Waals surface area contributed by atoms with Gasteiger partial charge in [-0.2, -0.15) is 0 Å². The third-order valence-corrected chi connectivity index (χ3v) is 4.11. The maximum Gasteiger partial charge on any atom is 0.125 e. The molecule has 4 heteroatoms. The Morgan fingerprint density at radius 2 is 2.00 bits per heavy atom. The van der Waals surface area contributed by atoms with Crippen molar-refractivity contribution < 1.29 is 0 Å². The maximum absolute atomic E-state index is 6.06. The fourth-order valence-electron chi connectivity index (χ4n) is 3.02. The number of hydrogen-bond acceptors (Lipinski definition) is 2. The summed E-state index contributed by atoms with van der Waals surface area (Å²) in [6.45, 7) is 0. The SMILES string of the molecule is ClCc1nc2cnccc2n1C1CCCCCC1. The van der Waals surface area contributed by atoms with E-state index >= 15 is 0 Å². The maximum atomic E-state index is 6.06. The van der Waals surface area contributed by atoms with Crippen molar-refractivity contribution in [3.8, 4) is 0 Å². The number of fused-ring (bicyclic) bond motifs is 1. The number of hydrogen-bond donors (Lipinski definition) is 0. The van der Waals surface area contributed by atoms with Crippen molar-refractivity contribution in [2.45, 2.75) is 50.4 Å². The van der Waals surface area contributed by atoms with E-state index in [-0.39, 0.29) is 0 Å². The first-order valence-electron chi connectivity index (χ1n) is 6.77. The van der Waals surface area contributed by atoms with E-state index in [1.807, 2.05) is 12.4 Å². The normalized spacial score (nSPS) is 18.1. The topological polar surface area (TPSA) is 30.7 Å². The summed E-state index contributed by atoms with van der Waals surface area (Å²) in [5.41, 5.74) is 2.16. The Morgan fingerprint density at radius 1 is 1.22 bits per heavy atom. The predicted octanol–water partition coefficient (Wildman–Crippen LogP) is 4.07. The molecule has 0 aromatic carbocycles. The first-order chi connectivity index (χ1) is 8.90. The minimum atomic E-state index is 0.477. The lowest BCUT2D eigenvalue weighted by Gasteiger charge is -2.19. The minimum Gasteiger partial charge on any atom is -0.324 e. The smallest absolute Gasteiger partial charge is 0.125 e. The van der Waals surface area contributed by atoms with Crippen LogP contribution in [0.5, 0.6) is 0 Å². The van der Waals surface area contributed by atoms with Gasteiger partial charge in [-0.05, 0) is 18.9 Å². The van der Waals surface area contributed by atoms with Gasteiger partial charge >= 0.3 is 0 Å². The lowest BCUT2D eigenvalue weighted by Crippen LogP contribution is -2.11. The van der Waals surface area contributed by atoms with Crippen molar-refractivity contribution in [1.82, 2.24) is 14.5 Å². The number of halogens is 1. The summed E-state index contributed by atoms with van der Waals surface area (Å²) in [6.07, 6.45) is 11.5. The summed E-state index contributed by atoms with van der Waals surface area (Å²) in [4.78, 5) is 8.75. The highest BCUT2D eigenvalue weighted by atomic mass is 35.5. The third-order valence-electron chi connectivity index (χ3n) is 3.87. The van der Waals surface area contributed by atoms with E-state index in [0.29, 0.717) is 11.9 Å². The molecule has 0 bridgehead atoms. The van der Waals surface area contributed by atoms with Gasteiger partial charge in [0.15, 0.2) is 0 Å². The molecular formula is C14H18ClN3. The second kappa shape index (κ2) is 5.27. The lowest BCUT2D eigenvalue weighted by molar-refractivity contribution is 0.444. The fraction of sp³-hybridized carbons (Fsp3) is 0.571. The first kappa shape index (κ1) is 12.0. The molecule has 0 unspecified atom stereocenters. The zero-order chi connectivity index (χ0) is 12.4. The Balaban J connectivity index is 2.07. The van der Waals surface area contributed by atoms with Gasteiger partial charge in [-0.25, -0.2) is 4.98 Å². The van der Waals surface area contributed by atoms with Crippen LogP contribution in [0.25, 0.3) is 11.0 Å². The van der Waals surface area contributed by atoms with Crippen LogP contribution in [0.1, 0.15) is 50.4 Å². The molecule has 3 rings (SSSR count). The molecule has 1 aliphatic carbocycles. The van der Waals surface area contributed by atoms with Gasteiger partial charge in [0, 0.05) is 12.2 Å². The van der Waals surface area contributed by atoms with Crippen molar-refractivity contribution in [2.24, 2.45) is 0 Å². The average molecular weight is 264 g/mol. The predicted molar refractivity (Wildman–Crippen MR) is 73.8 cm³/mol. The van der Waals surface area contributed by atoms with Gasteiger partial charge in [-0.1, -0.05) is 25.7 Å². The van der Waals surface area contributed by atoms with Crippen molar-refractivity contribution >= 4 is 22.6 Å². The molecule has 1 aliphatic rings. The first-order valence-corrected chi connectivity index (χ1v) is 7.30. The van der Waals surface area contributed by atoms with Gasteiger partial charge in [0.1, 0.15) is 11.3 Å². The zero-order valence-electron chi connectivity index (χ0n) is 10.5. The monoisotopic (exact) mass is 263 g/mol. The molecular weight excluding hydrogens is 246 g/mol. The molecule has 0 radical (unpaired) electrons. The molecule has 0 atom stereocenters. The molecule has 18 heavy (non-hydrogen) atoms. The number of imidazole rings is 1. The number of pyridine rings is 1. The van der Waals surface area contributed by atoms with Gasteiger partial charge < -0.3 is 4.57 Å². The Bertz CT molecular complexity index is 527. The Kier molecular flexibility index (Phi) is 3.50. The Hall–Kier alpha value is -1.09. The highest BCUT2D eigenvalue weighted by molar-refractivity contribution is 6.16. The second-order valence-corrected chi connectivity index (χ2v) is 5.31. The molecule has 96 valence electrons. The van der Waals surface area contributed by atoms with E-state index in [1.54, 1.807) is 0 Å². The number of aromatic nitrogens is 3. The van der Waals surface area contributed by atoms with Crippen molar-refractivity contribution in [3.63, 3.8) is 0 Å². The van der Waals surface area contributed by atoms with Crippen LogP contribution in [0, 0.1) is 0 Å². The van der Waals surface area contributed by atoms with Crippen LogP contribution in [0.15, 0.2) is 18.5 Å². The van der Waals surface area contributed by atoms with E-state index in [2.05, 4.69) is 20.6 Å². The van der Waals surface area contributed by atoms with E-state index in [0.717, 1.165) is 11.3 Å². The number of alkyl halides is 1. The van der Waals surface area contributed by atoms with Crippen LogP contribution in [-0.4, -0.2) is 14.5 Å². The van der Waals surface area contributed by atoms with E-state index < -0.39 is 0 Å². The van der Waals surface area contributed by atoms with Crippen LogP contribution in [0.4, 0.5) is 0 Å².